The van der Waals surface area contributed by atoms with Gasteiger partial charge in [0.15, 0.2) is 5.96 Å². The van der Waals surface area contributed by atoms with E-state index in [1.807, 2.05) is 56.5 Å². The molecule has 28 heavy (non-hydrogen) atoms. The molecule has 1 aromatic heterocycles. The second-order valence-corrected chi connectivity index (χ2v) is 6.78. The van der Waals surface area contributed by atoms with Crippen molar-refractivity contribution in [2.45, 2.75) is 47.7 Å². The Balaban J connectivity index is 2.08. The summed E-state index contributed by atoms with van der Waals surface area (Å²) in [5.74, 6) is 0.509. The summed E-state index contributed by atoms with van der Waals surface area (Å²) in [5, 5.41) is 11.0. The molecule has 154 valence electrons. The number of nitrogens with one attached hydrogen (secondary N) is 2. The third-order valence-electron chi connectivity index (χ3n) is 4.97. The molecule has 2 rings (SSSR count). The number of benzene rings is 1. The van der Waals surface area contributed by atoms with Crippen LogP contribution < -0.4 is 15.5 Å². The van der Waals surface area contributed by atoms with Gasteiger partial charge in [0.25, 0.3) is 0 Å². The molecule has 2 aromatic rings. The van der Waals surface area contributed by atoms with E-state index < -0.39 is 0 Å². The van der Waals surface area contributed by atoms with Gasteiger partial charge in [-0.1, -0.05) is 6.07 Å². The first kappa shape index (κ1) is 21.7. The lowest BCUT2D eigenvalue weighted by molar-refractivity contribution is 0.617. The minimum absolute atomic E-state index is 0.198. The fourth-order valence-corrected chi connectivity index (χ4v) is 3.23. The minimum Gasteiger partial charge on any atom is -0.370 e. The van der Waals surface area contributed by atoms with Gasteiger partial charge in [0.1, 0.15) is 5.82 Å². The molecule has 0 aliphatic heterocycles. The summed E-state index contributed by atoms with van der Waals surface area (Å²) in [6.07, 6.45) is 0. The van der Waals surface area contributed by atoms with Crippen molar-refractivity contribution in [3.05, 3.63) is 46.5 Å². The van der Waals surface area contributed by atoms with Crippen molar-refractivity contribution in [2.75, 3.05) is 24.5 Å². The van der Waals surface area contributed by atoms with Crippen LogP contribution in [0.3, 0.4) is 0 Å². The van der Waals surface area contributed by atoms with Crippen LogP contribution in [0.15, 0.2) is 23.2 Å². The number of guanidine groups is 1. The van der Waals surface area contributed by atoms with Gasteiger partial charge in [0.05, 0.1) is 17.9 Å². The molecule has 0 atom stereocenters. The normalized spacial score (nSPS) is 11.6. The lowest BCUT2D eigenvalue weighted by Crippen LogP contribution is -2.37. The Kier molecular flexibility index (Phi) is 7.84. The van der Waals surface area contributed by atoms with Gasteiger partial charge in [-0.2, -0.15) is 5.10 Å². The lowest BCUT2D eigenvalue weighted by atomic mass is 10.2. The van der Waals surface area contributed by atoms with Crippen LogP contribution in [0, 0.1) is 19.7 Å². The molecule has 0 saturated carbocycles. The zero-order valence-corrected chi connectivity index (χ0v) is 17.9. The Morgan fingerprint density at radius 1 is 1.18 bits per heavy atom. The fourth-order valence-electron chi connectivity index (χ4n) is 3.23. The fraction of sp³-hybridized carbons (Fsp3) is 0.524. The SMILES string of the molecule is CCNC(=NCc1ccc(N(CC)CC)c(F)c1)NCc1c(C)nn(C)c1C. The van der Waals surface area contributed by atoms with Crippen LogP contribution in [0.2, 0.25) is 0 Å². The summed E-state index contributed by atoms with van der Waals surface area (Å²) in [6.45, 7) is 13.5. The Labute approximate surface area is 167 Å². The van der Waals surface area contributed by atoms with Crippen molar-refractivity contribution >= 4 is 11.6 Å². The van der Waals surface area contributed by atoms with Crippen LogP contribution in [0.5, 0.6) is 0 Å². The minimum atomic E-state index is -0.198. The Bertz CT molecular complexity index is 807. The highest BCUT2D eigenvalue weighted by Gasteiger charge is 2.11. The van der Waals surface area contributed by atoms with Crippen molar-refractivity contribution in [2.24, 2.45) is 12.0 Å². The van der Waals surface area contributed by atoms with E-state index in [4.69, 9.17) is 0 Å². The van der Waals surface area contributed by atoms with Gasteiger partial charge in [0, 0.05) is 44.5 Å². The lowest BCUT2D eigenvalue weighted by Gasteiger charge is -2.21. The van der Waals surface area contributed by atoms with Crippen LogP contribution in [0.4, 0.5) is 10.1 Å². The van der Waals surface area contributed by atoms with Crippen molar-refractivity contribution in [3.8, 4) is 0 Å². The summed E-state index contributed by atoms with van der Waals surface area (Å²) < 4.78 is 16.4. The van der Waals surface area contributed by atoms with Gasteiger partial charge in [-0.3, -0.25) is 4.68 Å². The molecular weight excluding hydrogens is 355 g/mol. The van der Waals surface area contributed by atoms with Crippen LogP contribution in [0.25, 0.3) is 0 Å². The third kappa shape index (κ3) is 5.24. The molecular formula is C21H33FN6. The second kappa shape index (κ2) is 10.1. The van der Waals surface area contributed by atoms with Gasteiger partial charge < -0.3 is 15.5 Å². The van der Waals surface area contributed by atoms with E-state index in [-0.39, 0.29) is 5.82 Å². The molecule has 0 bridgehead atoms. The number of hydrogen-bond acceptors (Lipinski definition) is 3. The topological polar surface area (TPSA) is 57.5 Å². The highest BCUT2D eigenvalue weighted by molar-refractivity contribution is 5.79. The third-order valence-corrected chi connectivity index (χ3v) is 4.97. The molecule has 1 heterocycles. The highest BCUT2D eigenvalue weighted by atomic mass is 19.1. The number of hydrogen-bond donors (Lipinski definition) is 2. The Hall–Kier alpha value is -2.57. The molecule has 0 aliphatic rings. The number of aryl methyl sites for hydroxylation is 2. The van der Waals surface area contributed by atoms with E-state index in [0.29, 0.717) is 24.7 Å². The first-order chi connectivity index (χ1) is 13.4. The Morgan fingerprint density at radius 2 is 1.89 bits per heavy atom. The average Bonchev–Trinajstić information content (AvgIpc) is 2.91. The van der Waals surface area contributed by atoms with E-state index in [2.05, 4.69) is 27.6 Å². The summed E-state index contributed by atoms with van der Waals surface area (Å²) in [5.41, 5.74) is 4.81. The molecule has 0 fully saturated rings. The molecule has 0 amide bonds. The van der Waals surface area contributed by atoms with Gasteiger partial charge >= 0.3 is 0 Å². The predicted molar refractivity (Wildman–Crippen MR) is 114 cm³/mol. The van der Waals surface area contributed by atoms with Crippen LogP contribution >= 0.6 is 0 Å². The van der Waals surface area contributed by atoms with Crippen molar-refractivity contribution in [1.82, 2.24) is 20.4 Å². The summed E-state index contributed by atoms with van der Waals surface area (Å²) in [6, 6.07) is 5.37. The number of nitrogens with zero attached hydrogens (tertiary/aromatic N) is 4. The quantitative estimate of drug-likeness (QED) is 0.538. The van der Waals surface area contributed by atoms with E-state index >= 15 is 0 Å². The van der Waals surface area contributed by atoms with Crippen LogP contribution in [-0.2, 0) is 20.1 Å². The van der Waals surface area contributed by atoms with E-state index in [1.165, 1.54) is 5.56 Å². The first-order valence-electron chi connectivity index (χ1n) is 9.95. The predicted octanol–water partition coefficient (Wildman–Crippen LogP) is 3.28. The molecule has 0 radical (unpaired) electrons. The Morgan fingerprint density at radius 3 is 2.43 bits per heavy atom. The molecule has 0 aliphatic carbocycles. The number of halogens is 1. The summed E-state index contributed by atoms with van der Waals surface area (Å²) in [4.78, 5) is 6.61. The molecule has 7 heteroatoms. The van der Waals surface area contributed by atoms with Gasteiger partial charge in [-0.25, -0.2) is 9.38 Å². The summed E-state index contributed by atoms with van der Waals surface area (Å²) in [7, 11) is 1.95. The largest absolute Gasteiger partial charge is 0.370 e. The summed E-state index contributed by atoms with van der Waals surface area (Å²) >= 11 is 0. The maximum Gasteiger partial charge on any atom is 0.191 e. The molecule has 2 N–H and O–H groups in total. The van der Waals surface area contributed by atoms with Crippen molar-refractivity contribution in [3.63, 3.8) is 0 Å². The van der Waals surface area contributed by atoms with E-state index in [0.717, 1.165) is 36.6 Å². The molecule has 0 saturated heterocycles. The number of rotatable bonds is 8. The maximum atomic E-state index is 14.5. The van der Waals surface area contributed by atoms with Gasteiger partial charge in [-0.15, -0.1) is 0 Å². The second-order valence-electron chi connectivity index (χ2n) is 6.78. The highest BCUT2D eigenvalue weighted by Crippen LogP contribution is 2.20. The van der Waals surface area contributed by atoms with E-state index in [9.17, 15) is 4.39 Å². The number of aliphatic imine (C=N–C) groups is 1. The number of aromatic nitrogens is 2. The van der Waals surface area contributed by atoms with E-state index in [1.54, 1.807) is 6.07 Å². The zero-order valence-electron chi connectivity index (χ0n) is 17.9. The van der Waals surface area contributed by atoms with Gasteiger partial charge in [-0.05, 0) is 52.3 Å². The average molecular weight is 389 g/mol. The molecule has 6 nitrogen and oxygen atoms in total. The smallest absolute Gasteiger partial charge is 0.191 e. The van der Waals surface area contributed by atoms with Crippen LogP contribution in [-0.4, -0.2) is 35.4 Å². The zero-order chi connectivity index (χ0) is 20.7. The monoisotopic (exact) mass is 388 g/mol. The maximum absolute atomic E-state index is 14.5. The van der Waals surface area contributed by atoms with Gasteiger partial charge in [0.2, 0.25) is 0 Å². The molecule has 0 unspecified atom stereocenters. The van der Waals surface area contributed by atoms with Crippen molar-refractivity contribution in [1.29, 1.82) is 0 Å². The van der Waals surface area contributed by atoms with Crippen molar-refractivity contribution < 1.29 is 4.39 Å². The molecule has 1 aromatic carbocycles. The first-order valence-corrected chi connectivity index (χ1v) is 9.95. The number of anilines is 1. The standard InChI is InChI=1S/C21H33FN6/c1-7-23-21(25-14-18-15(4)26-27(6)16(18)5)24-13-17-10-11-20(19(22)12-17)28(8-2)9-3/h10-12H,7-9,13-14H2,1-6H3,(H2,23,24,25). The van der Waals surface area contributed by atoms with Crippen LogP contribution in [0.1, 0.15) is 43.3 Å². The molecule has 0 spiro atoms.